The highest BCUT2D eigenvalue weighted by atomic mass is 19.2. The predicted molar refractivity (Wildman–Crippen MR) is 130 cm³/mol. The first kappa shape index (κ1) is 24.6. The molecule has 0 aliphatic heterocycles. The summed E-state index contributed by atoms with van der Waals surface area (Å²) in [6, 6.07) is 11.6. The van der Waals surface area contributed by atoms with E-state index < -0.39 is 17.2 Å². The molecule has 0 fully saturated rings. The first-order valence-corrected chi connectivity index (χ1v) is 10.8. The number of halogens is 2. The molecule has 0 spiro atoms. The summed E-state index contributed by atoms with van der Waals surface area (Å²) < 4.78 is 44.5. The summed E-state index contributed by atoms with van der Waals surface area (Å²) in [6.07, 6.45) is 0.0494. The number of nitrogens with zero attached hydrogens (tertiary/aromatic N) is 2. The first-order valence-electron chi connectivity index (χ1n) is 10.8. The van der Waals surface area contributed by atoms with Crippen LogP contribution in [0.5, 0.6) is 17.2 Å². The van der Waals surface area contributed by atoms with Crippen LogP contribution in [0.4, 0.5) is 14.5 Å². The van der Waals surface area contributed by atoms with E-state index >= 15 is 0 Å². The SMILES string of the molecule is COc1cc(CC(=O)Nc2ccc(-n3c(C)nc4cc(F)c(F)cc4c3=O)cc2)cc(OC)c1OC. The Kier molecular flexibility index (Phi) is 6.86. The Hall–Kier alpha value is -4.47. The molecule has 0 radical (unpaired) electrons. The van der Waals surface area contributed by atoms with E-state index in [-0.39, 0.29) is 23.2 Å². The fourth-order valence-electron chi connectivity index (χ4n) is 3.92. The molecule has 0 unspecified atom stereocenters. The zero-order valence-corrected chi connectivity index (χ0v) is 20.0. The van der Waals surface area contributed by atoms with Crippen LogP contribution in [-0.4, -0.2) is 36.8 Å². The summed E-state index contributed by atoms with van der Waals surface area (Å²) in [5.74, 6) is -0.859. The van der Waals surface area contributed by atoms with Crippen molar-refractivity contribution >= 4 is 22.5 Å². The summed E-state index contributed by atoms with van der Waals surface area (Å²) in [5.41, 5.74) is 1.16. The van der Waals surface area contributed by atoms with Gasteiger partial charge in [-0.15, -0.1) is 0 Å². The summed E-state index contributed by atoms with van der Waals surface area (Å²) in [7, 11) is 4.49. The average Bonchev–Trinajstić information content (AvgIpc) is 2.85. The first-order chi connectivity index (χ1) is 17.2. The molecule has 1 N–H and O–H groups in total. The number of aryl methyl sites for hydroxylation is 1. The molecule has 186 valence electrons. The van der Waals surface area contributed by atoms with Gasteiger partial charge in [-0.25, -0.2) is 13.8 Å². The topological polar surface area (TPSA) is 91.7 Å². The number of benzene rings is 3. The zero-order valence-electron chi connectivity index (χ0n) is 20.0. The molecule has 0 saturated heterocycles. The molecule has 8 nitrogen and oxygen atoms in total. The number of methoxy groups -OCH3 is 3. The number of carbonyl (C=O) groups is 1. The van der Waals surface area contributed by atoms with E-state index in [1.54, 1.807) is 43.3 Å². The summed E-state index contributed by atoms with van der Waals surface area (Å²) in [4.78, 5) is 29.8. The molecule has 0 aliphatic rings. The monoisotopic (exact) mass is 495 g/mol. The van der Waals surface area contributed by atoms with E-state index in [2.05, 4.69) is 10.3 Å². The number of nitrogens with one attached hydrogen (secondary N) is 1. The standard InChI is InChI=1S/C26H23F2N3O5/c1-14-29-21-13-20(28)19(27)12-18(21)26(33)31(14)17-7-5-16(6-8-17)30-24(32)11-15-9-22(34-2)25(36-4)23(10-15)35-3/h5-10,12-13H,11H2,1-4H3,(H,30,32). The second-order valence-electron chi connectivity index (χ2n) is 7.89. The van der Waals surface area contributed by atoms with Crippen LogP contribution in [0.25, 0.3) is 16.6 Å². The number of anilines is 1. The fraction of sp³-hybridized carbons (Fsp3) is 0.192. The van der Waals surface area contributed by atoms with Gasteiger partial charge in [-0.3, -0.25) is 14.2 Å². The molecule has 0 aliphatic carbocycles. The van der Waals surface area contributed by atoms with Crippen molar-refractivity contribution < 1.29 is 27.8 Å². The van der Waals surface area contributed by atoms with Crippen LogP contribution < -0.4 is 25.1 Å². The van der Waals surface area contributed by atoms with Gasteiger partial charge in [-0.05, 0) is 55.0 Å². The molecular weight excluding hydrogens is 472 g/mol. The number of aromatic nitrogens is 2. The number of hydrogen-bond donors (Lipinski definition) is 1. The Morgan fingerprint density at radius 3 is 2.14 bits per heavy atom. The highest BCUT2D eigenvalue weighted by Gasteiger charge is 2.16. The van der Waals surface area contributed by atoms with Gasteiger partial charge in [0.1, 0.15) is 5.82 Å². The van der Waals surface area contributed by atoms with Crippen LogP contribution in [-0.2, 0) is 11.2 Å². The van der Waals surface area contributed by atoms with E-state index in [9.17, 15) is 18.4 Å². The van der Waals surface area contributed by atoms with Crippen LogP contribution in [0.15, 0.2) is 53.3 Å². The summed E-state index contributed by atoms with van der Waals surface area (Å²) >= 11 is 0. The Balaban J connectivity index is 1.56. The molecule has 1 aromatic heterocycles. The van der Waals surface area contributed by atoms with E-state index in [0.717, 1.165) is 12.1 Å². The summed E-state index contributed by atoms with van der Waals surface area (Å²) in [5, 5.41) is 2.76. The number of rotatable bonds is 7. The van der Waals surface area contributed by atoms with Crippen molar-refractivity contribution in [1.29, 1.82) is 0 Å². The lowest BCUT2D eigenvalue weighted by molar-refractivity contribution is -0.115. The van der Waals surface area contributed by atoms with Gasteiger partial charge in [0.25, 0.3) is 5.56 Å². The largest absolute Gasteiger partial charge is 0.493 e. The Morgan fingerprint density at radius 2 is 1.56 bits per heavy atom. The van der Waals surface area contributed by atoms with Gasteiger partial charge in [-0.1, -0.05) is 0 Å². The molecule has 0 atom stereocenters. The minimum atomic E-state index is -1.12. The smallest absolute Gasteiger partial charge is 0.266 e. The van der Waals surface area contributed by atoms with Crippen LogP contribution in [0.1, 0.15) is 11.4 Å². The van der Waals surface area contributed by atoms with Crippen molar-refractivity contribution in [1.82, 2.24) is 9.55 Å². The van der Waals surface area contributed by atoms with Gasteiger partial charge in [0, 0.05) is 11.8 Å². The fourth-order valence-corrected chi connectivity index (χ4v) is 3.92. The molecule has 10 heteroatoms. The number of amides is 1. The average molecular weight is 495 g/mol. The van der Waals surface area contributed by atoms with Crippen molar-refractivity contribution in [2.24, 2.45) is 0 Å². The molecule has 4 aromatic rings. The van der Waals surface area contributed by atoms with Crippen LogP contribution in [0.2, 0.25) is 0 Å². The van der Waals surface area contributed by atoms with E-state index in [1.807, 2.05) is 0 Å². The molecule has 3 aromatic carbocycles. The minimum Gasteiger partial charge on any atom is -0.493 e. The van der Waals surface area contributed by atoms with Crippen LogP contribution >= 0.6 is 0 Å². The van der Waals surface area contributed by atoms with Crippen LogP contribution in [0, 0.1) is 18.6 Å². The minimum absolute atomic E-state index is 0.0396. The third kappa shape index (κ3) is 4.70. The number of fused-ring (bicyclic) bond motifs is 1. The van der Waals surface area contributed by atoms with Crippen molar-refractivity contribution in [2.75, 3.05) is 26.6 Å². The van der Waals surface area contributed by atoms with Gasteiger partial charge in [0.15, 0.2) is 23.1 Å². The zero-order chi connectivity index (χ0) is 26.0. The Labute approximate surface area is 205 Å². The van der Waals surface area contributed by atoms with Crippen molar-refractivity contribution in [3.8, 4) is 22.9 Å². The van der Waals surface area contributed by atoms with Gasteiger partial charge in [0.05, 0.1) is 44.3 Å². The lowest BCUT2D eigenvalue weighted by atomic mass is 10.1. The Morgan fingerprint density at radius 1 is 0.944 bits per heavy atom. The van der Waals surface area contributed by atoms with Crippen LogP contribution in [0.3, 0.4) is 0 Å². The number of carbonyl (C=O) groups excluding carboxylic acids is 1. The van der Waals surface area contributed by atoms with Gasteiger partial charge < -0.3 is 19.5 Å². The maximum Gasteiger partial charge on any atom is 0.266 e. The van der Waals surface area contributed by atoms with Crippen molar-refractivity contribution in [3.05, 3.63) is 81.9 Å². The molecule has 1 amide bonds. The Bertz CT molecular complexity index is 1490. The number of hydrogen-bond acceptors (Lipinski definition) is 6. The molecule has 0 saturated carbocycles. The van der Waals surface area contributed by atoms with Crippen molar-refractivity contribution in [2.45, 2.75) is 13.3 Å². The molecule has 36 heavy (non-hydrogen) atoms. The highest BCUT2D eigenvalue weighted by Crippen LogP contribution is 2.38. The normalized spacial score (nSPS) is 10.8. The second-order valence-corrected chi connectivity index (χ2v) is 7.89. The van der Waals surface area contributed by atoms with Crippen molar-refractivity contribution in [3.63, 3.8) is 0 Å². The maximum atomic E-state index is 13.7. The lowest BCUT2D eigenvalue weighted by Gasteiger charge is -2.14. The van der Waals surface area contributed by atoms with Gasteiger partial charge in [-0.2, -0.15) is 0 Å². The third-order valence-corrected chi connectivity index (χ3v) is 5.58. The van der Waals surface area contributed by atoms with Gasteiger partial charge in [0.2, 0.25) is 11.7 Å². The predicted octanol–water partition coefficient (Wildman–Crippen LogP) is 4.18. The van der Waals surface area contributed by atoms with E-state index in [1.165, 1.54) is 25.9 Å². The highest BCUT2D eigenvalue weighted by molar-refractivity contribution is 5.92. The lowest BCUT2D eigenvalue weighted by Crippen LogP contribution is -2.22. The maximum absolute atomic E-state index is 13.7. The molecule has 0 bridgehead atoms. The van der Waals surface area contributed by atoms with E-state index in [0.29, 0.717) is 40.0 Å². The summed E-state index contributed by atoms with van der Waals surface area (Å²) in [6.45, 7) is 1.59. The second kappa shape index (κ2) is 10.0. The number of ether oxygens (including phenoxy) is 3. The van der Waals surface area contributed by atoms with E-state index in [4.69, 9.17) is 14.2 Å². The van der Waals surface area contributed by atoms with Gasteiger partial charge >= 0.3 is 0 Å². The third-order valence-electron chi connectivity index (χ3n) is 5.58. The molecule has 1 heterocycles. The quantitative estimate of drug-likeness (QED) is 0.414. The molecular formula is C26H23F2N3O5. The molecule has 4 rings (SSSR count).